The molecule has 122 valence electrons. The van der Waals surface area contributed by atoms with Gasteiger partial charge in [-0.25, -0.2) is 0 Å². The van der Waals surface area contributed by atoms with E-state index >= 15 is 0 Å². The molecule has 1 unspecified atom stereocenters. The van der Waals surface area contributed by atoms with E-state index < -0.39 is 6.04 Å². The molecule has 2 rings (SSSR count). The molecule has 0 radical (unpaired) electrons. The third-order valence-electron chi connectivity index (χ3n) is 3.18. The number of hydrogen-bond acceptors (Lipinski definition) is 5. The summed E-state index contributed by atoms with van der Waals surface area (Å²) >= 11 is 1.48. The Morgan fingerprint density at radius 1 is 1.26 bits per heavy atom. The van der Waals surface area contributed by atoms with E-state index in [2.05, 4.69) is 10.1 Å². The molecule has 5 nitrogen and oxygen atoms in total. The molecule has 1 aromatic carbocycles. The zero-order valence-electron chi connectivity index (χ0n) is 13.1. The molecule has 0 bridgehead atoms. The monoisotopic (exact) mass is 333 g/mol. The number of esters is 1. The lowest BCUT2D eigenvalue weighted by atomic mass is 10.1. The Kier molecular flexibility index (Phi) is 6.17. The maximum Gasteiger partial charge on any atom is 0.307 e. The number of nitrogens with one attached hydrogen (secondary N) is 1. The van der Waals surface area contributed by atoms with Crippen LogP contribution >= 0.6 is 11.3 Å². The van der Waals surface area contributed by atoms with Crippen molar-refractivity contribution in [2.45, 2.75) is 19.4 Å². The summed E-state index contributed by atoms with van der Waals surface area (Å²) in [7, 11) is 1.33. The van der Waals surface area contributed by atoms with Crippen LogP contribution in [0.5, 0.6) is 5.75 Å². The van der Waals surface area contributed by atoms with Crippen molar-refractivity contribution in [1.82, 2.24) is 5.32 Å². The summed E-state index contributed by atoms with van der Waals surface area (Å²) in [5, 5.41) is 4.71. The average molecular weight is 333 g/mol. The van der Waals surface area contributed by atoms with Gasteiger partial charge in [0.25, 0.3) is 5.91 Å². The third kappa shape index (κ3) is 5.41. The van der Waals surface area contributed by atoms with Gasteiger partial charge in [-0.15, -0.1) is 11.3 Å². The van der Waals surface area contributed by atoms with Crippen molar-refractivity contribution in [1.29, 1.82) is 0 Å². The van der Waals surface area contributed by atoms with Crippen LogP contribution in [0.15, 0.2) is 41.8 Å². The quantitative estimate of drug-likeness (QED) is 0.791. The van der Waals surface area contributed by atoms with Gasteiger partial charge in [-0.2, -0.15) is 0 Å². The van der Waals surface area contributed by atoms with Crippen LogP contribution in [0.4, 0.5) is 0 Å². The first kappa shape index (κ1) is 17.0. The Morgan fingerprint density at radius 2 is 2.09 bits per heavy atom. The molecule has 1 aromatic heterocycles. The Morgan fingerprint density at radius 3 is 2.74 bits per heavy atom. The van der Waals surface area contributed by atoms with E-state index in [1.54, 1.807) is 6.07 Å². The molecule has 2 aromatic rings. The van der Waals surface area contributed by atoms with Crippen molar-refractivity contribution in [3.05, 3.63) is 52.2 Å². The van der Waals surface area contributed by atoms with Gasteiger partial charge in [-0.05, 0) is 36.1 Å². The van der Waals surface area contributed by atoms with Crippen LogP contribution < -0.4 is 10.1 Å². The highest BCUT2D eigenvalue weighted by atomic mass is 32.1. The van der Waals surface area contributed by atoms with E-state index in [-0.39, 0.29) is 24.9 Å². The fraction of sp³-hybridized carbons (Fsp3) is 0.294. The van der Waals surface area contributed by atoms with Gasteiger partial charge in [0.15, 0.2) is 6.61 Å². The number of methoxy groups -OCH3 is 1. The van der Waals surface area contributed by atoms with Gasteiger partial charge in [-0.1, -0.05) is 18.2 Å². The van der Waals surface area contributed by atoms with Crippen LogP contribution in [0.2, 0.25) is 0 Å². The third-order valence-corrected chi connectivity index (χ3v) is 4.17. The zero-order valence-corrected chi connectivity index (χ0v) is 13.9. The summed E-state index contributed by atoms with van der Waals surface area (Å²) < 4.78 is 10.2. The number of hydrogen-bond donors (Lipinski definition) is 1. The first-order valence-corrected chi connectivity index (χ1v) is 8.05. The highest BCUT2D eigenvalue weighted by Crippen LogP contribution is 2.22. The van der Waals surface area contributed by atoms with Gasteiger partial charge < -0.3 is 14.8 Å². The standard InChI is InChI=1S/C17H19NO4S/c1-12-5-3-6-13(9-12)22-11-16(19)18-14(10-17(20)21-2)15-7-4-8-23-15/h3-9,14H,10-11H2,1-2H3,(H,18,19). The van der Waals surface area contributed by atoms with E-state index in [1.165, 1.54) is 18.4 Å². The van der Waals surface area contributed by atoms with Crippen LogP contribution in [0.25, 0.3) is 0 Å². The molecule has 1 N–H and O–H groups in total. The summed E-state index contributed by atoms with van der Waals surface area (Å²) in [5.74, 6) is -0.0158. The predicted octanol–water partition coefficient (Wildman–Crippen LogP) is 2.86. The van der Waals surface area contributed by atoms with Crippen LogP contribution in [0, 0.1) is 6.92 Å². The van der Waals surface area contributed by atoms with E-state index in [4.69, 9.17) is 4.74 Å². The zero-order chi connectivity index (χ0) is 16.7. The Hall–Kier alpha value is -2.34. The van der Waals surface area contributed by atoms with E-state index in [0.29, 0.717) is 5.75 Å². The second-order valence-electron chi connectivity index (χ2n) is 5.02. The summed E-state index contributed by atoms with van der Waals surface area (Å²) in [4.78, 5) is 24.5. The molecular formula is C17H19NO4S. The Balaban J connectivity index is 1.93. The van der Waals surface area contributed by atoms with Crippen LogP contribution in [-0.4, -0.2) is 25.6 Å². The summed E-state index contributed by atoms with van der Waals surface area (Å²) in [6, 6.07) is 10.8. The molecular weight excluding hydrogens is 314 g/mol. The van der Waals surface area contributed by atoms with Crippen molar-refractivity contribution in [3.8, 4) is 5.75 Å². The summed E-state index contributed by atoms with van der Waals surface area (Å²) in [5.41, 5.74) is 1.06. The fourth-order valence-electron chi connectivity index (χ4n) is 2.05. The van der Waals surface area contributed by atoms with E-state index in [1.807, 2.05) is 42.6 Å². The highest BCUT2D eigenvalue weighted by Gasteiger charge is 2.20. The van der Waals surface area contributed by atoms with Crippen molar-refractivity contribution in [2.24, 2.45) is 0 Å². The molecule has 6 heteroatoms. The van der Waals surface area contributed by atoms with Crippen molar-refractivity contribution >= 4 is 23.2 Å². The second-order valence-corrected chi connectivity index (χ2v) is 6.00. The number of ether oxygens (including phenoxy) is 2. The van der Waals surface area contributed by atoms with Gasteiger partial charge in [0.05, 0.1) is 19.6 Å². The van der Waals surface area contributed by atoms with Gasteiger partial charge in [-0.3, -0.25) is 9.59 Å². The van der Waals surface area contributed by atoms with Crippen molar-refractivity contribution in [2.75, 3.05) is 13.7 Å². The van der Waals surface area contributed by atoms with Gasteiger partial charge >= 0.3 is 5.97 Å². The number of carbonyl (C=O) groups excluding carboxylic acids is 2. The maximum absolute atomic E-state index is 12.1. The molecule has 1 amide bonds. The van der Waals surface area contributed by atoms with Gasteiger partial charge in [0, 0.05) is 4.88 Å². The number of rotatable bonds is 7. The first-order valence-electron chi connectivity index (χ1n) is 7.17. The van der Waals surface area contributed by atoms with Crippen molar-refractivity contribution < 1.29 is 19.1 Å². The minimum absolute atomic E-state index is 0.0905. The summed E-state index contributed by atoms with van der Waals surface area (Å²) in [6.07, 6.45) is 0.0905. The highest BCUT2D eigenvalue weighted by molar-refractivity contribution is 7.10. The molecule has 0 aliphatic rings. The lowest BCUT2D eigenvalue weighted by molar-refractivity contribution is -0.141. The lowest BCUT2D eigenvalue weighted by Crippen LogP contribution is -2.33. The minimum atomic E-state index is -0.406. The molecule has 0 saturated heterocycles. The number of carbonyl (C=O) groups is 2. The molecule has 1 heterocycles. The van der Waals surface area contributed by atoms with Crippen LogP contribution in [0.3, 0.4) is 0 Å². The molecule has 1 atom stereocenters. The number of amides is 1. The molecule has 0 aliphatic carbocycles. The molecule has 23 heavy (non-hydrogen) atoms. The van der Waals surface area contributed by atoms with E-state index in [9.17, 15) is 9.59 Å². The minimum Gasteiger partial charge on any atom is -0.484 e. The lowest BCUT2D eigenvalue weighted by Gasteiger charge is -2.16. The number of thiophene rings is 1. The van der Waals surface area contributed by atoms with Gasteiger partial charge in [0.1, 0.15) is 5.75 Å². The maximum atomic E-state index is 12.1. The van der Waals surface area contributed by atoms with Crippen LogP contribution in [0.1, 0.15) is 22.9 Å². The van der Waals surface area contributed by atoms with Gasteiger partial charge in [0.2, 0.25) is 0 Å². The normalized spacial score (nSPS) is 11.6. The second kappa shape index (κ2) is 8.33. The SMILES string of the molecule is COC(=O)CC(NC(=O)COc1cccc(C)c1)c1cccs1. The first-order chi connectivity index (χ1) is 11.1. The van der Waals surface area contributed by atoms with Crippen molar-refractivity contribution in [3.63, 3.8) is 0 Å². The molecule has 0 saturated carbocycles. The smallest absolute Gasteiger partial charge is 0.307 e. The molecule has 0 aliphatic heterocycles. The Bertz CT molecular complexity index is 654. The average Bonchev–Trinajstić information content (AvgIpc) is 3.06. The predicted molar refractivity (Wildman–Crippen MR) is 88.5 cm³/mol. The summed E-state index contributed by atoms with van der Waals surface area (Å²) in [6.45, 7) is 1.85. The molecule has 0 fully saturated rings. The van der Waals surface area contributed by atoms with E-state index in [0.717, 1.165) is 10.4 Å². The topological polar surface area (TPSA) is 64.6 Å². The van der Waals surface area contributed by atoms with Crippen LogP contribution in [-0.2, 0) is 14.3 Å². The Labute approximate surface area is 139 Å². The largest absolute Gasteiger partial charge is 0.484 e. The fourth-order valence-corrected chi connectivity index (χ4v) is 2.83. The molecule has 0 spiro atoms. The number of benzene rings is 1. The number of aryl methyl sites for hydroxylation is 1.